The van der Waals surface area contributed by atoms with E-state index in [-0.39, 0.29) is 16.4 Å². The summed E-state index contributed by atoms with van der Waals surface area (Å²) in [5.41, 5.74) is 2.45. The van der Waals surface area contributed by atoms with Crippen LogP contribution in [0.3, 0.4) is 0 Å². The second kappa shape index (κ2) is 11.6. The summed E-state index contributed by atoms with van der Waals surface area (Å²) in [5, 5.41) is 11.3. The van der Waals surface area contributed by atoms with E-state index < -0.39 is 15.9 Å². The van der Waals surface area contributed by atoms with Crippen molar-refractivity contribution in [3.05, 3.63) is 59.2 Å². The van der Waals surface area contributed by atoms with E-state index in [1.165, 1.54) is 56.4 Å². The summed E-state index contributed by atoms with van der Waals surface area (Å²) >= 11 is 2.69. The molecule has 1 aromatic heterocycles. The predicted molar refractivity (Wildman–Crippen MR) is 144 cm³/mol. The van der Waals surface area contributed by atoms with E-state index in [9.17, 15) is 18.0 Å². The van der Waals surface area contributed by atoms with Crippen LogP contribution in [-0.4, -0.2) is 69.1 Å². The van der Waals surface area contributed by atoms with Gasteiger partial charge in [-0.25, -0.2) is 17.5 Å². The van der Waals surface area contributed by atoms with Crippen molar-refractivity contribution in [3.63, 3.8) is 0 Å². The summed E-state index contributed by atoms with van der Waals surface area (Å²) in [7, 11) is 0.548. The zero-order valence-electron chi connectivity index (χ0n) is 20.6. The molecule has 37 heavy (non-hydrogen) atoms. The number of methoxy groups -OCH3 is 1. The Kier molecular flexibility index (Phi) is 8.47. The molecule has 0 saturated carbocycles. The number of benzene rings is 2. The van der Waals surface area contributed by atoms with Crippen molar-refractivity contribution in [3.8, 4) is 0 Å². The second-order valence-electron chi connectivity index (χ2n) is 8.46. The van der Waals surface area contributed by atoms with E-state index in [1.54, 1.807) is 18.2 Å². The lowest BCUT2D eigenvalue weighted by Gasteiger charge is -2.22. The molecule has 1 N–H and O–H groups in total. The van der Waals surface area contributed by atoms with E-state index in [4.69, 9.17) is 4.74 Å². The van der Waals surface area contributed by atoms with Gasteiger partial charge in [-0.05, 0) is 48.7 Å². The number of hydrogen-bond acceptors (Lipinski definition) is 10. The minimum absolute atomic E-state index is 0.0531. The van der Waals surface area contributed by atoms with Crippen molar-refractivity contribution in [2.75, 3.05) is 44.5 Å². The smallest absolute Gasteiger partial charge is 0.337 e. The molecule has 2 heterocycles. The Labute approximate surface area is 224 Å². The summed E-state index contributed by atoms with van der Waals surface area (Å²) < 4.78 is 31.9. The predicted octanol–water partition coefficient (Wildman–Crippen LogP) is 3.72. The molecule has 1 amide bonds. The molecule has 0 unspecified atom stereocenters. The fraction of sp³-hybridized carbons (Fsp3) is 0.333. The van der Waals surface area contributed by atoms with Crippen molar-refractivity contribution >= 4 is 55.8 Å². The number of ether oxygens (including phenoxy) is 1. The number of rotatable bonds is 9. The van der Waals surface area contributed by atoms with Crippen LogP contribution in [0.25, 0.3) is 0 Å². The first-order chi connectivity index (χ1) is 17.7. The molecule has 0 spiro atoms. The first-order valence-electron chi connectivity index (χ1n) is 11.5. The molecule has 1 aliphatic heterocycles. The molecule has 0 aliphatic carbocycles. The van der Waals surface area contributed by atoms with E-state index in [0.717, 1.165) is 35.8 Å². The molecule has 1 aliphatic rings. The number of hydrogen-bond donors (Lipinski definition) is 1. The lowest BCUT2D eigenvalue weighted by molar-refractivity contribution is 0.0600. The maximum absolute atomic E-state index is 13.3. The lowest BCUT2D eigenvalue weighted by Crippen LogP contribution is -2.25. The van der Waals surface area contributed by atoms with E-state index in [0.29, 0.717) is 26.5 Å². The van der Waals surface area contributed by atoms with Crippen molar-refractivity contribution in [1.29, 1.82) is 0 Å². The van der Waals surface area contributed by atoms with Crippen molar-refractivity contribution in [2.45, 2.75) is 27.8 Å². The third-order valence-corrected chi connectivity index (χ3v) is 9.66. The minimum atomic E-state index is -3.70. The Morgan fingerprint density at radius 3 is 2.46 bits per heavy atom. The topological polar surface area (TPSA) is 122 Å². The number of aromatic nitrogens is 2. The van der Waals surface area contributed by atoms with Gasteiger partial charge in [-0.3, -0.25) is 10.1 Å². The maximum Gasteiger partial charge on any atom is 0.337 e. The number of esters is 1. The van der Waals surface area contributed by atoms with Crippen LogP contribution in [0.2, 0.25) is 0 Å². The van der Waals surface area contributed by atoms with E-state index in [2.05, 4.69) is 20.4 Å². The third-order valence-electron chi connectivity index (χ3n) is 5.80. The molecule has 10 nitrogen and oxygen atoms in total. The van der Waals surface area contributed by atoms with Gasteiger partial charge in [0.2, 0.25) is 15.2 Å². The Balaban J connectivity index is 1.48. The first-order valence-corrected chi connectivity index (χ1v) is 14.7. The van der Waals surface area contributed by atoms with Gasteiger partial charge in [0.1, 0.15) is 0 Å². The Bertz CT molecular complexity index is 1380. The molecule has 2 aromatic carbocycles. The monoisotopic (exact) mass is 561 g/mol. The molecular weight excluding hydrogens is 534 g/mol. The molecule has 3 aromatic rings. The number of sulfonamides is 1. The second-order valence-corrected chi connectivity index (χ2v) is 12.8. The van der Waals surface area contributed by atoms with Gasteiger partial charge in [0, 0.05) is 38.6 Å². The third kappa shape index (κ3) is 6.29. The number of nitrogens with one attached hydrogen (secondary N) is 1. The number of thioether (sulfide) groups is 1. The van der Waals surface area contributed by atoms with Gasteiger partial charge in [0.15, 0.2) is 4.34 Å². The largest absolute Gasteiger partial charge is 0.465 e. The van der Waals surface area contributed by atoms with Crippen LogP contribution in [0, 0.1) is 0 Å². The first kappa shape index (κ1) is 27.0. The highest BCUT2D eigenvalue weighted by molar-refractivity contribution is 8.00. The van der Waals surface area contributed by atoms with Crippen LogP contribution in [-0.2, 0) is 20.5 Å². The highest BCUT2D eigenvalue weighted by Gasteiger charge is 2.25. The minimum Gasteiger partial charge on any atom is -0.465 e. The summed E-state index contributed by atoms with van der Waals surface area (Å²) in [4.78, 5) is 27.0. The van der Waals surface area contributed by atoms with Gasteiger partial charge < -0.3 is 9.64 Å². The Morgan fingerprint density at radius 1 is 1.11 bits per heavy atom. The Hall–Kier alpha value is -3.00. The number of carbonyl (C=O) groups is 2. The SMILES string of the molecule is COC(=O)c1ccc(CSc2nnc(NC(=O)c3cc(S(=O)(=O)N(C)C)ccc3N3CCCC3)s2)cc1. The molecule has 0 bridgehead atoms. The van der Waals surface area contributed by atoms with Crippen molar-refractivity contribution in [2.24, 2.45) is 0 Å². The normalized spacial score (nSPS) is 13.7. The van der Waals surface area contributed by atoms with Gasteiger partial charge in [0.05, 0.1) is 23.1 Å². The van der Waals surface area contributed by atoms with E-state index in [1.807, 2.05) is 12.1 Å². The van der Waals surface area contributed by atoms with Crippen molar-refractivity contribution < 1.29 is 22.7 Å². The fourth-order valence-corrected chi connectivity index (χ4v) is 6.42. The average Bonchev–Trinajstić information content (AvgIpc) is 3.59. The maximum atomic E-state index is 13.3. The molecule has 13 heteroatoms. The zero-order valence-corrected chi connectivity index (χ0v) is 23.1. The standard InChI is InChI=1S/C24H27N5O5S3/c1-28(2)37(32,33)18-10-11-20(29-12-4-5-13-29)19(14-18)21(30)25-23-26-27-24(36-23)35-15-16-6-8-17(9-7-16)22(31)34-3/h6-11,14H,4-5,12-13,15H2,1-3H3,(H,25,26,30). The number of nitrogens with zero attached hydrogens (tertiary/aromatic N) is 4. The highest BCUT2D eigenvalue weighted by atomic mass is 32.2. The molecule has 1 fully saturated rings. The van der Waals surface area contributed by atoms with Gasteiger partial charge in [-0.2, -0.15) is 0 Å². The summed E-state index contributed by atoms with van der Waals surface area (Å²) in [6.07, 6.45) is 2.03. The van der Waals surface area contributed by atoms with Gasteiger partial charge in [0.25, 0.3) is 5.91 Å². The van der Waals surface area contributed by atoms with Crippen LogP contribution in [0.5, 0.6) is 0 Å². The van der Waals surface area contributed by atoms with Crippen LogP contribution in [0.15, 0.2) is 51.7 Å². The fourth-order valence-electron chi connectivity index (χ4n) is 3.79. The van der Waals surface area contributed by atoms with Gasteiger partial charge >= 0.3 is 5.97 Å². The summed E-state index contributed by atoms with van der Waals surface area (Å²) in [5.74, 6) is -0.224. The van der Waals surface area contributed by atoms with Crippen LogP contribution < -0.4 is 10.2 Å². The lowest BCUT2D eigenvalue weighted by atomic mass is 10.1. The number of anilines is 2. The van der Waals surface area contributed by atoms with Gasteiger partial charge in [-0.15, -0.1) is 10.2 Å². The van der Waals surface area contributed by atoms with Crippen LogP contribution in [0.1, 0.15) is 39.1 Å². The van der Waals surface area contributed by atoms with Gasteiger partial charge in [-0.1, -0.05) is 35.2 Å². The van der Waals surface area contributed by atoms with Crippen LogP contribution in [0.4, 0.5) is 10.8 Å². The van der Waals surface area contributed by atoms with Crippen LogP contribution >= 0.6 is 23.1 Å². The quantitative estimate of drug-likeness (QED) is 0.237. The Morgan fingerprint density at radius 2 is 1.81 bits per heavy atom. The molecule has 196 valence electrons. The summed E-state index contributed by atoms with van der Waals surface area (Å²) in [6.45, 7) is 1.61. The summed E-state index contributed by atoms with van der Waals surface area (Å²) in [6, 6.07) is 11.8. The van der Waals surface area contributed by atoms with E-state index >= 15 is 0 Å². The molecule has 0 atom stereocenters. The number of amides is 1. The molecule has 1 saturated heterocycles. The molecule has 0 radical (unpaired) electrons. The average molecular weight is 562 g/mol. The number of carbonyl (C=O) groups excluding carboxylic acids is 2. The highest BCUT2D eigenvalue weighted by Crippen LogP contribution is 2.31. The van der Waals surface area contributed by atoms with Crippen molar-refractivity contribution in [1.82, 2.24) is 14.5 Å². The molecular formula is C24H27N5O5S3. The zero-order chi connectivity index (χ0) is 26.6. The molecule has 4 rings (SSSR count).